The standard InChI is InChI=1S/C20H17FO2.C7H16O/c21-20-13-15(2-1-14-3-8-17(22)9-4-14)5-12-19(20)16-6-10-18(23)11-7-16;1-2-3-4-5-6-7-8/h3-13,22-23H,1-2H2;8H,2-7H2,1H3. The van der Waals surface area contributed by atoms with E-state index in [0.29, 0.717) is 12.2 Å². The van der Waals surface area contributed by atoms with Gasteiger partial charge in [-0.05, 0) is 66.3 Å². The van der Waals surface area contributed by atoms with E-state index < -0.39 is 0 Å². The van der Waals surface area contributed by atoms with E-state index in [2.05, 4.69) is 6.92 Å². The molecule has 0 aliphatic heterocycles. The number of unbranched alkanes of at least 4 members (excludes halogenated alkanes) is 4. The normalized spacial score (nSPS) is 10.4. The maximum absolute atomic E-state index is 14.3. The molecular weight excluding hydrogens is 391 g/mol. The number of rotatable bonds is 9. The SMILES string of the molecule is CCCCCCCO.Oc1ccc(CCc2ccc(-c3ccc(O)cc3)c(F)c2)cc1. The van der Waals surface area contributed by atoms with E-state index in [-0.39, 0.29) is 17.3 Å². The molecule has 0 amide bonds. The predicted molar refractivity (Wildman–Crippen MR) is 125 cm³/mol. The van der Waals surface area contributed by atoms with Gasteiger partial charge in [0.1, 0.15) is 17.3 Å². The minimum Gasteiger partial charge on any atom is -0.508 e. The van der Waals surface area contributed by atoms with Crippen molar-refractivity contribution in [3.8, 4) is 22.6 Å². The summed E-state index contributed by atoms with van der Waals surface area (Å²) in [7, 11) is 0. The van der Waals surface area contributed by atoms with Crippen LogP contribution in [-0.2, 0) is 12.8 Å². The molecule has 0 spiro atoms. The molecule has 166 valence electrons. The molecule has 3 aromatic carbocycles. The van der Waals surface area contributed by atoms with Crippen LogP contribution in [0.4, 0.5) is 4.39 Å². The van der Waals surface area contributed by atoms with Crippen LogP contribution in [0, 0.1) is 5.82 Å². The Balaban J connectivity index is 0.000000366. The van der Waals surface area contributed by atoms with Gasteiger partial charge in [-0.15, -0.1) is 0 Å². The Bertz CT molecular complexity index is 883. The minimum absolute atomic E-state index is 0.166. The van der Waals surface area contributed by atoms with Gasteiger partial charge < -0.3 is 15.3 Å². The second-order valence-corrected chi connectivity index (χ2v) is 7.67. The Morgan fingerprint density at radius 3 is 1.81 bits per heavy atom. The van der Waals surface area contributed by atoms with E-state index in [1.54, 1.807) is 48.5 Å². The molecule has 31 heavy (non-hydrogen) atoms. The Labute approximate surface area is 184 Å². The van der Waals surface area contributed by atoms with Crippen molar-refractivity contribution in [2.24, 2.45) is 0 Å². The molecule has 0 unspecified atom stereocenters. The van der Waals surface area contributed by atoms with E-state index in [9.17, 15) is 14.6 Å². The molecule has 3 rings (SSSR count). The summed E-state index contributed by atoms with van der Waals surface area (Å²) in [4.78, 5) is 0. The zero-order valence-corrected chi connectivity index (χ0v) is 18.2. The molecule has 0 heterocycles. The Morgan fingerprint density at radius 2 is 1.23 bits per heavy atom. The first-order valence-electron chi connectivity index (χ1n) is 11.0. The fraction of sp³-hybridized carbons (Fsp3) is 0.333. The van der Waals surface area contributed by atoms with Crippen LogP contribution in [0.1, 0.15) is 50.2 Å². The maximum Gasteiger partial charge on any atom is 0.131 e. The van der Waals surface area contributed by atoms with Crippen LogP contribution >= 0.6 is 0 Å². The summed E-state index contributed by atoms with van der Waals surface area (Å²) >= 11 is 0. The van der Waals surface area contributed by atoms with Crippen LogP contribution in [0.15, 0.2) is 66.7 Å². The lowest BCUT2D eigenvalue weighted by Crippen LogP contribution is -1.93. The molecule has 3 N–H and O–H groups in total. The van der Waals surface area contributed by atoms with E-state index >= 15 is 0 Å². The largest absolute Gasteiger partial charge is 0.508 e. The number of aryl methyl sites for hydroxylation is 2. The van der Waals surface area contributed by atoms with Crippen LogP contribution in [0.2, 0.25) is 0 Å². The minimum atomic E-state index is -0.265. The smallest absolute Gasteiger partial charge is 0.131 e. The number of halogens is 1. The third-order valence-corrected chi connectivity index (χ3v) is 5.11. The molecule has 0 saturated heterocycles. The molecule has 0 radical (unpaired) electrons. The van der Waals surface area contributed by atoms with Crippen molar-refractivity contribution >= 4 is 0 Å². The van der Waals surface area contributed by atoms with Crippen LogP contribution in [-0.4, -0.2) is 21.9 Å². The summed E-state index contributed by atoms with van der Waals surface area (Å²) in [5.74, 6) is 0.150. The zero-order chi connectivity index (χ0) is 22.5. The van der Waals surface area contributed by atoms with Crippen molar-refractivity contribution in [3.63, 3.8) is 0 Å². The quantitative estimate of drug-likeness (QED) is 0.338. The number of aromatic hydroxyl groups is 2. The first kappa shape index (κ1) is 24.4. The van der Waals surface area contributed by atoms with E-state index in [4.69, 9.17) is 5.11 Å². The number of hydrogen-bond acceptors (Lipinski definition) is 3. The van der Waals surface area contributed by atoms with Crippen molar-refractivity contribution in [2.45, 2.75) is 51.9 Å². The highest BCUT2D eigenvalue weighted by Gasteiger charge is 2.07. The fourth-order valence-electron chi connectivity index (χ4n) is 3.26. The van der Waals surface area contributed by atoms with Gasteiger partial charge in [0.05, 0.1) is 0 Å². The monoisotopic (exact) mass is 424 g/mol. The molecule has 0 aromatic heterocycles. The van der Waals surface area contributed by atoms with Crippen LogP contribution < -0.4 is 0 Å². The third-order valence-electron chi connectivity index (χ3n) is 5.11. The van der Waals surface area contributed by atoms with Gasteiger partial charge in [0.25, 0.3) is 0 Å². The zero-order valence-electron chi connectivity index (χ0n) is 18.2. The Kier molecular flexibility index (Phi) is 10.6. The van der Waals surface area contributed by atoms with E-state index in [1.165, 1.54) is 25.7 Å². The van der Waals surface area contributed by atoms with Gasteiger partial charge in [0.15, 0.2) is 0 Å². The molecule has 4 heteroatoms. The van der Waals surface area contributed by atoms with E-state index in [0.717, 1.165) is 36.0 Å². The van der Waals surface area contributed by atoms with Crippen molar-refractivity contribution in [3.05, 3.63) is 83.7 Å². The van der Waals surface area contributed by atoms with Crippen molar-refractivity contribution in [2.75, 3.05) is 6.61 Å². The molecule has 3 nitrogen and oxygen atoms in total. The van der Waals surface area contributed by atoms with Gasteiger partial charge in [0, 0.05) is 12.2 Å². The second-order valence-electron chi connectivity index (χ2n) is 7.67. The Hall–Kier alpha value is -2.85. The summed E-state index contributed by atoms with van der Waals surface area (Å²) in [6.45, 7) is 2.56. The predicted octanol–water partition coefficient (Wildman–Crippen LogP) is 6.64. The lowest BCUT2D eigenvalue weighted by molar-refractivity contribution is 0.282. The first-order valence-corrected chi connectivity index (χ1v) is 11.0. The first-order chi connectivity index (χ1) is 15.0. The Morgan fingerprint density at radius 1 is 0.677 bits per heavy atom. The van der Waals surface area contributed by atoms with Crippen molar-refractivity contribution < 1.29 is 19.7 Å². The molecule has 0 fully saturated rings. The van der Waals surface area contributed by atoms with Gasteiger partial charge >= 0.3 is 0 Å². The highest BCUT2D eigenvalue weighted by molar-refractivity contribution is 5.65. The molecule has 0 bridgehead atoms. The van der Waals surface area contributed by atoms with Crippen LogP contribution in [0.5, 0.6) is 11.5 Å². The molecule has 3 aromatic rings. The molecule has 0 atom stereocenters. The summed E-state index contributed by atoms with van der Waals surface area (Å²) in [5.41, 5.74) is 3.30. The lowest BCUT2D eigenvalue weighted by Gasteiger charge is -2.07. The van der Waals surface area contributed by atoms with Gasteiger partial charge in [0.2, 0.25) is 0 Å². The lowest BCUT2D eigenvalue weighted by atomic mass is 9.99. The fourth-order valence-corrected chi connectivity index (χ4v) is 3.26. The second kappa shape index (κ2) is 13.5. The van der Waals surface area contributed by atoms with Gasteiger partial charge in [-0.25, -0.2) is 4.39 Å². The summed E-state index contributed by atoms with van der Waals surface area (Å²) in [6.07, 6.45) is 7.60. The van der Waals surface area contributed by atoms with Gasteiger partial charge in [-0.3, -0.25) is 0 Å². The number of hydrogen-bond donors (Lipinski definition) is 3. The number of phenols is 2. The highest BCUT2D eigenvalue weighted by Crippen LogP contribution is 2.26. The van der Waals surface area contributed by atoms with Crippen LogP contribution in [0.3, 0.4) is 0 Å². The summed E-state index contributed by atoms with van der Waals surface area (Å²) in [5, 5.41) is 26.9. The van der Waals surface area contributed by atoms with E-state index in [1.807, 2.05) is 18.2 Å². The van der Waals surface area contributed by atoms with Crippen molar-refractivity contribution in [1.29, 1.82) is 0 Å². The maximum atomic E-state index is 14.3. The highest BCUT2D eigenvalue weighted by atomic mass is 19.1. The molecule has 0 aliphatic rings. The number of benzene rings is 3. The molecule has 0 aliphatic carbocycles. The van der Waals surface area contributed by atoms with Crippen molar-refractivity contribution in [1.82, 2.24) is 0 Å². The third kappa shape index (κ3) is 8.81. The summed E-state index contributed by atoms with van der Waals surface area (Å²) in [6, 6.07) is 18.8. The topological polar surface area (TPSA) is 60.7 Å². The molecule has 0 saturated carbocycles. The number of aliphatic hydroxyl groups is 1. The van der Waals surface area contributed by atoms with Gasteiger partial charge in [-0.2, -0.15) is 0 Å². The number of phenolic OH excluding ortho intramolecular Hbond substituents is 2. The van der Waals surface area contributed by atoms with Gasteiger partial charge in [-0.1, -0.05) is 69.0 Å². The number of aliphatic hydroxyl groups excluding tert-OH is 1. The average Bonchev–Trinajstić information content (AvgIpc) is 2.78. The average molecular weight is 425 g/mol. The molecular formula is C27H33FO3. The van der Waals surface area contributed by atoms with Crippen LogP contribution in [0.25, 0.3) is 11.1 Å². The summed E-state index contributed by atoms with van der Waals surface area (Å²) < 4.78 is 14.3.